The number of fused-ring (bicyclic) bond motifs is 1. The number of hydrogen-bond acceptors (Lipinski definition) is 3. The first-order valence-corrected chi connectivity index (χ1v) is 9.15. The number of carbonyl (C=O) groups is 2. The molecule has 6 heteroatoms. The van der Waals surface area contributed by atoms with Crippen molar-refractivity contribution in [1.29, 1.82) is 0 Å². The lowest BCUT2D eigenvalue weighted by Crippen LogP contribution is -2.25. The van der Waals surface area contributed by atoms with Crippen molar-refractivity contribution in [2.45, 2.75) is 33.6 Å². The molecule has 0 saturated carbocycles. The number of hydrogen-bond donors (Lipinski definition) is 2. The van der Waals surface area contributed by atoms with Gasteiger partial charge in [0.25, 0.3) is 11.8 Å². The molecule has 2 aromatic heterocycles. The summed E-state index contributed by atoms with van der Waals surface area (Å²) < 4.78 is 1.64. The number of carbonyl (C=O) groups excluding carboxylic acids is 2. The second kappa shape index (κ2) is 8.03. The maximum absolute atomic E-state index is 12.8. The second-order valence-corrected chi connectivity index (χ2v) is 6.60. The fraction of sp³-hybridized carbons (Fsp3) is 0.286. The van der Waals surface area contributed by atoms with Crippen molar-refractivity contribution in [1.82, 2.24) is 14.7 Å². The number of aromatic nitrogens is 2. The number of imidazole rings is 1. The molecule has 2 N–H and O–H groups in total. The van der Waals surface area contributed by atoms with Gasteiger partial charge in [-0.15, -0.1) is 0 Å². The van der Waals surface area contributed by atoms with Gasteiger partial charge in [0.2, 0.25) is 5.82 Å². The Bertz CT molecular complexity index is 991. The molecule has 0 fully saturated rings. The van der Waals surface area contributed by atoms with Crippen molar-refractivity contribution < 1.29 is 9.59 Å². The van der Waals surface area contributed by atoms with E-state index >= 15 is 0 Å². The van der Waals surface area contributed by atoms with Crippen molar-refractivity contribution in [3.05, 3.63) is 65.2 Å². The zero-order valence-electron chi connectivity index (χ0n) is 15.9. The molecule has 0 atom stereocenters. The molecule has 1 aromatic carbocycles. The fourth-order valence-corrected chi connectivity index (χ4v) is 2.83. The molecule has 0 aliphatic carbocycles. The normalized spacial score (nSPS) is 10.8. The Hall–Kier alpha value is -3.15. The highest BCUT2D eigenvalue weighted by atomic mass is 16.2. The third kappa shape index (κ3) is 4.00. The van der Waals surface area contributed by atoms with Crippen LogP contribution in [0.2, 0.25) is 0 Å². The summed E-state index contributed by atoms with van der Waals surface area (Å²) in [6.07, 6.45) is 3.63. The van der Waals surface area contributed by atoms with Crippen molar-refractivity contribution in [3.63, 3.8) is 0 Å². The number of unbranched alkanes of at least 4 members (excludes halogenated alkanes) is 1. The highest BCUT2D eigenvalue weighted by Gasteiger charge is 2.21. The van der Waals surface area contributed by atoms with Crippen LogP contribution in [-0.2, 0) is 0 Å². The van der Waals surface area contributed by atoms with Crippen LogP contribution in [0.3, 0.4) is 0 Å². The molecule has 0 unspecified atom stereocenters. The van der Waals surface area contributed by atoms with Crippen LogP contribution in [0.4, 0.5) is 5.69 Å². The molecule has 3 aromatic rings. The molecule has 0 saturated heterocycles. The molecule has 0 radical (unpaired) electrons. The third-order valence-corrected chi connectivity index (χ3v) is 4.55. The summed E-state index contributed by atoms with van der Waals surface area (Å²) in [6.45, 7) is 6.67. The van der Waals surface area contributed by atoms with E-state index in [9.17, 15) is 9.59 Å². The van der Waals surface area contributed by atoms with E-state index in [0.717, 1.165) is 24.0 Å². The topological polar surface area (TPSA) is 75.5 Å². The smallest absolute Gasteiger partial charge is 0.292 e. The molecular weight excluding hydrogens is 340 g/mol. The minimum atomic E-state index is -0.355. The van der Waals surface area contributed by atoms with E-state index in [2.05, 4.69) is 22.5 Å². The van der Waals surface area contributed by atoms with Crippen LogP contribution >= 0.6 is 0 Å². The molecule has 2 heterocycles. The predicted molar refractivity (Wildman–Crippen MR) is 106 cm³/mol. The lowest BCUT2D eigenvalue weighted by atomic mass is 10.1. The number of anilines is 1. The largest absolute Gasteiger partial charge is 0.351 e. The summed E-state index contributed by atoms with van der Waals surface area (Å²) in [6, 6.07) is 11.1. The first kappa shape index (κ1) is 18.6. The van der Waals surface area contributed by atoms with Crippen LogP contribution in [0.1, 0.15) is 52.0 Å². The van der Waals surface area contributed by atoms with Gasteiger partial charge in [0, 0.05) is 18.4 Å². The van der Waals surface area contributed by atoms with Crippen LogP contribution in [0, 0.1) is 13.8 Å². The molecule has 3 rings (SSSR count). The van der Waals surface area contributed by atoms with Gasteiger partial charge in [0.15, 0.2) is 5.69 Å². The summed E-state index contributed by atoms with van der Waals surface area (Å²) >= 11 is 0. The number of nitrogens with one attached hydrogen (secondary N) is 2. The van der Waals surface area contributed by atoms with Crippen molar-refractivity contribution in [2.75, 3.05) is 11.9 Å². The molecule has 6 nitrogen and oxygen atoms in total. The van der Waals surface area contributed by atoms with Crippen LogP contribution in [-0.4, -0.2) is 27.7 Å². The molecule has 140 valence electrons. The monoisotopic (exact) mass is 364 g/mol. The van der Waals surface area contributed by atoms with Gasteiger partial charge in [0.1, 0.15) is 0 Å². The second-order valence-electron chi connectivity index (χ2n) is 6.60. The van der Waals surface area contributed by atoms with Gasteiger partial charge >= 0.3 is 0 Å². The van der Waals surface area contributed by atoms with E-state index in [-0.39, 0.29) is 23.3 Å². The van der Waals surface area contributed by atoms with Gasteiger partial charge in [-0.3, -0.25) is 14.0 Å². The summed E-state index contributed by atoms with van der Waals surface area (Å²) in [7, 11) is 0. The van der Waals surface area contributed by atoms with Crippen LogP contribution < -0.4 is 10.6 Å². The SMILES string of the molecule is CCCCNC(=O)c1nc(C(=O)Nc2ccc(C)c(C)c2)n2ccccc12. The van der Waals surface area contributed by atoms with Crippen LogP contribution in [0.25, 0.3) is 5.52 Å². The quantitative estimate of drug-likeness (QED) is 0.654. The highest BCUT2D eigenvalue weighted by molar-refractivity contribution is 6.06. The summed E-state index contributed by atoms with van der Waals surface area (Å²) in [5, 5.41) is 5.73. The number of amides is 2. The summed E-state index contributed by atoms with van der Waals surface area (Å²) in [5.74, 6) is -0.436. The van der Waals surface area contributed by atoms with E-state index in [1.54, 1.807) is 22.7 Å². The van der Waals surface area contributed by atoms with Crippen molar-refractivity contribution >= 4 is 23.0 Å². The zero-order chi connectivity index (χ0) is 19.4. The maximum Gasteiger partial charge on any atom is 0.292 e. The average molecular weight is 364 g/mol. The van der Waals surface area contributed by atoms with Crippen LogP contribution in [0.5, 0.6) is 0 Å². The Morgan fingerprint density at radius 3 is 2.63 bits per heavy atom. The Morgan fingerprint density at radius 1 is 1.07 bits per heavy atom. The van der Waals surface area contributed by atoms with E-state index in [1.807, 2.05) is 38.1 Å². The Balaban J connectivity index is 1.90. The van der Waals surface area contributed by atoms with E-state index in [4.69, 9.17) is 0 Å². The highest BCUT2D eigenvalue weighted by Crippen LogP contribution is 2.17. The number of aryl methyl sites for hydroxylation is 2. The molecule has 27 heavy (non-hydrogen) atoms. The Morgan fingerprint density at radius 2 is 1.89 bits per heavy atom. The molecule has 0 aliphatic heterocycles. The van der Waals surface area contributed by atoms with Gasteiger partial charge in [-0.05, 0) is 55.7 Å². The Kier molecular flexibility index (Phi) is 5.54. The standard InChI is InChI=1S/C21H24N4O2/c1-4-5-11-22-20(26)18-17-8-6-7-12-25(17)19(24-18)21(27)23-16-10-9-14(2)15(3)13-16/h6-10,12-13H,4-5,11H2,1-3H3,(H,22,26)(H,23,27). The average Bonchev–Trinajstić information content (AvgIpc) is 3.05. The van der Waals surface area contributed by atoms with Crippen molar-refractivity contribution in [2.24, 2.45) is 0 Å². The van der Waals surface area contributed by atoms with Gasteiger partial charge in [-0.1, -0.05) is 25.5 Å². The molecule has 0 aliphatic rings. The fourth-order valence-electron chi connectivity index (χ4n) is 2.83. The lowest BCUT2D eigenvalue weighted by molar-refractivity contribution is 0.0950. The zero-order valence-corrected chi connectivity index (χ0v) is 15.9. The number of pyridine rings is 1. The maximum atomic E-state index is 12.8. The minimum absolute atomic E-state index is 0.185. The van der Waals surface area contributed by atoms with Crippen molar-refractivity contribution in [3.8, 4) is 0 Å². The van der Waals surface area contributed by atoms with E-state index < -0.39 is 0 Å². The predicted octanol–water partition coefficient (Wildman–Crippen LogP) is 3.73. The number of nitrogens with zero attached hydrogens (tertiary/aromatic N) is 2. The molecular formula is C21H24N4O2. The van der Waals surface area contributed by atoms with Gasteiger partial charge < -0.3 is 10.6 Å². The Labute approximate surface area is 158 Å². The van der Waals surface area contributed by atoms with Gasteiger partial charge in [-0.2, -0.15) is 0 Å². The lowest BCUT2D eigenvalue weighted by Gasteiger charge is -2.07. The molecule has 0 bridgehead atoms. The first-order chi connectivity index (χ1) is 13.0. The van der Waals surface area contributed by atoms with E-state index in [0.29, 0.717) is 17.7 Å². The summed E-state index contributed by atoms with van der Waals surface area (Å²) in [4.78, 5) is 29.6. The van der Waals surface area contributed by atoms with Gasteiger partial charge in [-0.25, -0.2) is 4.98 Å². The summed E-state index contributed by atoms with van der Waals surface area (Å²) in [5.41, 5.74) is 3.82. The van der Waals surface area contributed by atoms with Crippen LogP contribution in [0.15, 0.2) is 42.6 Å². The number of benzene rings is 1. The number of rotatable bonds is 6. The minimum Gasteiger partial charge on any atom is -0.351 e. The van der Waals surface area contributed by atoms with Gasteiger partial charge in [0.05, 0.1) is 5.52 Å². The first-order valence-electron chi connectivity index (χ1n) is 9.15. The molecule has 2 amide bonds. The third-order valence-electron chi connectivity index (χ3n) is 4.55. The molecule has 0 spiro atoms. The van der Waals surface area contributed by atoms with E-state index in [1.165, 1.54) is 0 Å².